The van der Waals surface area contributed by atoms with Gasteiger partial charge >= 0.3 is 5.97 Å². The van der Waals surface area contributed by atoms with Gasteiger partial charge in [-0.2, -0.15) is 0 Å². The van der Waals surface area contributed by atoms with E-state index in [0.29, 0.717) is 22.7 Å². The van der Waals surface area contributed by atoms with E-state index in [1.807, 2.05) is 85.5 Å². The summed E-state index contributed by atoms with van der Waals surface area (Å²) in [6.07, 6.45) is 0. The predicted molar refractivity (Wildman–Crippen MR) is 156 cm³/mol. The molecule has 0 heterocycles. The molecule has 1 atom stereocenters. The molecule has 0 aliphatic heterocycles. The fourth-order valence-corrected chi connectivity index (χ4v) is 4.59. The Morgan fingerprint density at radius 2 is 1.46 bits per heavy atom. The number of esters is 1. The molecule has 4 rings (SSSR count). The molecule has 0 saturated carbocycles. The van der Waals surface area contributed by atoms with Gasteiger partial charge in [0.25, 0.3) is 5.69 Å². The average molecular weight is 544 g/mol. The number of carbonyl (C=O) groups excluding carboxylic acids is 1. The number of halogens is 1. The standard InChI is InChI=1S/C31H30ClN3O4/c1-33(2)25-13-9-22(10-14-25)30(28-21-27(35(37)38)17-18-29(28)32)23-11-15-26(16-12-23)34(3)19-20-39-31(36)24-7-5-4-6-8-24/h4-18,21,30H,19-20H2,1-3H3. The van der Waals surface area contributed by atoms with Crippen molar-refractivity contribution in [1.82, 2.24) is 0 Å². The molecule has 4 aromatic rings. The number of hydrogen-bond acceptors (Lipinski definition) is 6. The van der Waals surface area contributed by atoms with Crippen molar-refractivity contribution in [1.29, 1.82) is 0 Å². The fourth-order valence-electron chi connectivity index (χ4n) is 4.37. The van der Waals surface area contributed by atoms with Crippen LogP contribution in [0.5, 0.6) is 0 Å². The van der Waals surface area contributed by atoms with Crippen molar-refractivity contribution in [3.8, 4) is 0 Å². The Labute approximate surface area is 233 Å². The first-order valence-electron chi connectivity index (χ1n) is 12.5. The van der Waals surface area contributed by atoms with E-state index in [1.54, 1.807) is 36.4 Å². The Morgan fingerprint density at radius 3 is 2.03 bits per heavy atom. The summed E-state index contributed by atoms with van der Waals surface area (Å²) in [6.45, 7) is 0.764. The number of hydrogen-bond donors (Lipinski definition) is 0. The van der Waals surface area contributed by atoms with Gasteiger partial charge in [-0.3, -0.25) is 10.1 Å². The lowest BCUT2D eigenvalue weighted by Gasteiger charge is -2.23. The predicted octanol–water partition coefficient (Wildman–Crippen LogP) is 6.79. The topological polar surface area (TPSA) is 75.9 Å². The van der Waals surface area contributed by atoms with E-state index in [4.69, 9.17) is 16.3 Å². The largest absolute Gasteiger partial charge is 0.460 e. The number of likely N-dealkylation sites (N-methyl/N-ethyl adjacent to an activating group) is 1. The van der Waals surface area contributed by atoms with Gasteiger partial charge in [0.1, 0.15) is 6.61 Å². The molecule has 0 fully saturated rings. The lowest BCUT2D eigenvalue weighted by molar-refractivity contribution is -0.384. The summed E-state index contributed by atoms with van der Waals surface area (Å²) in [5.41, 5.74) is 5.09. The van der Waals surface area contributed by atoms with Crippen molar-refractivity contribution in [2.24, 2.45) is 0 Å². The molecule has 0 N–H and O–H groups in total. The van der Waals surface area contributed by atoms with E-state index in [0.717, 1.165) is 22.5 Å². The van der Waals surface area contributed by atoms with Gasteiger partial charge in [-0.15, -0.1) is 0 Å². The van der Waals surface area contributed by atoms with Crippen LogP contribution in [0.15, 0.2) is 97.1 Å². The van der Waals surface area contributed by atoms with Crippen LogP contribution in [0, 0.1) is 10.1 Å². The second kappa shape index (κ2) is 12.5. The average Bonchev–Trinajstić information content (AvgIpc) is 2.95. The summed E-state index contributed by atoms with van der Waals surface area (Å²) >= 11 is 6.61. The molecule has 200 valence electrons. The van der Waals surface area contributed by atoms with E-state index >= 15 is 0 Å². The molecule has 0 radical (unpaired) electrons. The normalized spacial score (nSPS) is 11.5. The molecule has 0 bridgehead atoms. The van der Waals surface area contributed by atoms with Crippen LogP contribution in [0.4, 0.5) is 17.1 Å². The van der Waals surface area contributed by atoms with Crippen LogP contribution in [0.1, 0.15) is 33.0 Å². The SMILES string of the molecule is CN(C)c1ccc(C(c2ccc(N(C)CCOC(=O)c3ccccc3)cc2)c2cc([N+](=O)[O-])ccc2Cl)cc1. The summed E-state index contributed by atoms with van der Waals surface area (Å²) in [4.78, 5) is 27.3. The van der Waals surface area contributed by atoms with Gasteiger partial charge in [-0.05, 0) is 59.2 Å². The van der Waals surface area contributed by atoms with Crippen LogP contribution in [-0.4, -0.2) is 45.2 Å². The third-order valence-corrected chi connectivity index (χ3v) is 6.92. The number of benzene rings is 4. The quantitative estimate of drug-likeness (QED) is 0.0948. The molecular weight excluding hydrogens is 514 g/mol. The minimum absolute atomic E-state index is 0.00860. The van der Waals surface area contributed by atoms with Crippen LogP contribution < -0.4 is 9.80 Å². The lowest BCUT2D eigenvalue weighted by Crippen LogP contribution is -2.24. The van der Waals surface area contributed by atoms with Crippen molar-refractivity contribution in [3.05, 3.63) is 134 Å². The van der Waals surface area contributed by atoms with Crippen molar-refractivity contribution >= 4 is 34.6 Å². The van der Waals surface area contributed by atoms with Crippen LogP contribution in [0.3, 0.4) is 0 Å². The lowest BCUT2D eigenvalue weighted by atomic mass is 9.84. The Bertz CT molecular complexity index is 1420. The van der Waals surface area contributed by atoms with Crippen molar-refractivity contribution in [2.75, 3.05) is 44.1 Å². The van der Waals surface area contributed by atoms with E-state index < -0.39 is 4.92 Å². The first-order chi connectivity index (χ1) is 18.7. The zero-order valence-corrected chi connectivity index (χ0v) is 22.8. The monoisotopic (exact) mass is 543 g/mol. The first kappa shape index (κ1) is 27.7. The van der Waals surface area contributed by atoms with Crippen LogP contribution in [-0.2, 0) is 4.74 Å². The van der Waals surface area contributed by atoms with Gasteiger partial charge in [0.2, 0.25) is 0 Å². The molecule has 0 aliphatic carbocycles. The highest BCUT2D eigenvalue weighted by Gasteiger charge is 2.23. The van der Waals surface area contributed by atoms with Gasteiger partial charge in [0.05, 0.1) is 17.0 Å². The summed E-state index contributed by atoms with van der Waals surface area (Å²) in [6, 6.07) is 29.5. The van der Waals surface area contributed by atoms with Crippen LogP contribution >= 0.6 is 11.6 Å². The highest BCUT2D eigenvalue weighted by atomic mass is 35.5. The Hall–Kier alpha value is -4.36. The van der Waals surface area contributed by atoms with Gasteiger partial charge in [0, 0.05) is 55.6 Å². The van der Waals surface area contributed by atoms with E-state index in [1.165, 1.54) is 6.07 Å². The molecular formula is C31H30ClN3O4. The van der Waals surface area contributed by atoms with Crippen LogP contribution in [0.2, 0.25) is 5.02 Å². The maximum atomic E-state index is 12.2. The van der Waals surface area contributed by atoms with Gasteiger partial charge in [-0.25, -0.2) is 4.79 Å². The molecule has 0 spiro atoms. The second-order valence-corrected chi connectivity index (χ2v) is 9.80. The number of carbonyl (C=O) groups is 1. The smallest absolute Gasteiger partial charge is 0.338 e. The minimum Gasteiger partial charge on any atom is -0.460 e. The van der Waals surface area contributed by atoms with E-state index in [9.17, 15) is 14.9 Å². The fraction of sp³-hybridized carbons (Fsp3) is 0.194. The minimum atomic E-state index is -0.408. The summed E-state index contributed by atoms with van der Waals surface area (Å²) in [7, 11) is 5.88. The molecule has 7 nitrogen and oxygen atoms in total. The summed E-state index contributed by atoms with van der Waals surface area (Å²) in [5.74, 6) is -0.656. The Kier molecular flexibility index (Phi) is 8.84. The van der Waals surface area contributed by atoms with Gasteiger partial charge in [0.15, 0.2) is 0 Å². The Morgan fingerprint density at radius 1 is 0.872 bits per heavy atom. The zero-order chi connectivity index (χ0) is 27.9. The zero-order valence-electron chi connectivity index (χ0n) is 22.1. The molecule has 8 heteroatoms. The highest BCUT2D eigenvalue weighted by Crippen LogP contribution is 2.38. The summed E-state index contributed by atoms with van der Waals surface area (Å²) < 4.78 is 5.41. The first-order valence-corrected chi connectivity index (χ1v) is 12.9. The molecule has 39 heavy (non-hydrogen) atoms. The third-order valence-electron chi connectivity index (χ3n) is 6.58. The maximum absolute atomic E-state index is 12.2. The van der Waals surface area contributed by atoms with Crippen molar-refractivity contribution < 1.29 is 14.5 Å². The molecule has 4 aromatic carbocycles. The van der Waals surface area contributed by atoms with E-state index in [2.05, 4.69) is 0 Å². The molecule has 0 aromatic heterocycles. The Balaban J connectivity index is 1.57. The molecule has 0 amide bonds. The number of anilines is 2. The highest BCUT2D eigenvalue weighted by molar-refractivity contribution is 6.31. The van der Waals surface area contributed by atoms with Crippen molar-refractivity contribution in [3.63, 3.8) is 0 Å². The number of non-ortho nitro benzene ring substituents is 1. The number of nitro benzene ring substituents is 1. The maximum Gasteiger partial charge on any atom is 0.338 e. The third kappa shape index (κ3) is 6.75. The number of nitrogens with zero attached hydrogens (tertiary/aromatic N) is 3. The second-order valence-electron chi connectivity index (χ2n) is 9.40. The summed E-state index contributed by atoms with van der Waals surface area (Å²) in [5, 5.41) is 12.0. The van der Waals surface area contributed by atoms with Gasteiger partial charge in [-0.1, -0.05) is 54.1 Å². The van der Waals surface area contributed by atoms with E-state index in [-0.39, 0.29) is 24.2 Å². The van der Waals surface area contributed by atoms with Crippen molar-refractivity contribution in [2.45, 2.75) is 5.92 Å². The number of rotatable bonds is 10. The number of nitro groups is 1. The van der Waals surface area contributed by atoms with Gasteiger partial charge < -0.3 is 14.5 Å². The number of ether oxygens (including phenoxy) is 1. The van der Waals surface area contributed by atoms with Crippen LogP contribution in [0.25, 0.3) is 0 Å². The molecule has 1 unspecified atom stereocenters. The molecule has 0 saturated heterocycles. The molecule has 0 aliphatic rings.